The number of amides is 1. The molecule has 0 aliphatic heterocycles. The molecule has 1 heterocycles. The summed E-state index contributed by atoms with van der Waals surface area (Å²) in [7, 11) is 0. The Hall–Kier alpha value is -4.02. The molecule has 0 unspecified atom stereocenters. The molecule has 0 bridgehead atoms. The van der Waals surface area contributed by atoms with Gasteiger partial charge in [-0.15, -0.1) is 0 Å². The maximum atomic E-state index is 12.5. The standard InChI is InChI=1S/C23H17ClN2O5/c1-2-30-17-5-3-4-16(12-17)26-22(27)15(13-25)10-18-7-9-21(31-18)14-6-8-19(23(28)29)20(24)11-14/h3-12H,2H2,1H3,(H,26,27)(H,28,29)/b15-10-. The summed E-state index contributed by atoms with van der Waals surface area (Å²) in [5.41, 5.74) is 0.881. The number of carboxylic acid groups (broad SMARTS) is 1. The number of nitrogens with one attached hydrogen (secondary N) is 1. The number of ether oxygens (including phenoxy) is 1. The van der Waals surface area contributed by atoms with Crippen molar-refractivity contribution in [2.45, 2.75) is 6.92 Å². The number of carbonyl (C=O) groups excluding carboxylic acids is 1. The van der Waals surface area contributed by atoms with Crippen LogP contribution in [0.25, 0.3) is 17.4 Å². The molecule has 0 atom stereocenters. The Labute approximate surface area is 183 Å². The molecule has 31 heavy (non-hydrogen) atoms. The molecule has 1 amide bonds. The molecule has 7 nitrogen and oxygen atoms in total. The van der Waals surface area contributed by atoms with Crippen LogP contribution in [0.2, 0.25) is 5.02 Å². The smallest absolute Gasteiger partial charge is 0.337 e. The van der Waals surface area contributed by atoms with Crippen LogP contribution in [0.5, 0.6) is 5.75 Å². The minimum atomic E-state index is -1.13. The molecule has 0 spiro atoms. The summed E-state index contributed by atoms with van der Waals surface area (Å²) < 4.78 is 11.1. The van der Waals surface area contributed by atoms with Gasteiger partial charge in [0.2, 0.25) is 0 Å². The van der Waals surface area contributed by atoms with Crippen molar-refractivity contribution in [1.82, 2.24) is 0 Å². The van der Waals surface area contributed by atoms with Crippen molar-refractivity contribution in [2.24, 2.45) is 0 Å². The molecule has 2 aromatic carbocycles. The van der Waals surface area contributed by atoms with Crippen LogP contribution in [0.1, 0.15) is 23.0 Å². The van der Waals surface area contributed by atoms with Crippen LogP contribution < -0.4 is 10.1 Å². The minimum Gasteiger partial charge on any atom is -0.494 e. The summed E-state index contributed by atoms with van der Waals surface area (Å²) in [5, 5.41) is 21.2. The van der Waals surface area contributed by atoms with Gasteiger partial charge in [0, 0.05) is 23.4 Å². The number of furan rings is 1. The van der Waals surface area contributed by atoms with Crippen molar-refractivity contribution >= 4 is 35.2 Å². The van der Waals surface area contributed by atoms with E-state index in [-0.39, 0.29) is 21.9 Å². The van der Waals surface area contributed by atoms with E-state index in [4.69, 9.17) is 25.9 Å². The van der Waals surface area contributed by atoms with Crippen LogP contribution in [0.15, 0.2) is 64.6 Å². The largest absolute Gasteiger partial charge is 0.494 e. The van der Waals surface area contributed by atoms with Crippen LogP contribution in [0, 0.1) is 11.3 Å². The lowest BCUT2D eigenvalue weighted by molar-refractivity contribution is -0.112. The first kappa shape index (κ1) is 21.7. The minimum absolute atomic E-state index is 0.0195. The number of halogens is 1. The number of hydrogen-bond donors (Lipinski definition) is 2. The molecule has 0 radical (unpaired) electrons. The quantitative estimate of drug-likeness (QED) is 0.386. The number of nitrogens with zero attached hydrogens (tertiary/aromatic N) is 1. The summed E-state index contributed by atoms with van der Waals surface area (Å²) in [4.78, 5) is 23.6. The zero-order valence-corrected chi connectivity index (χ0v) is 17.1. The second-order valence-electron chi connectivity index (χ2n) is 6.29. The number of carboxylic acids is 1. The SMILES string of the molecule is CCOc1cccc(NC(=O)/C(C#N)=C\c2ccc(-c3ccc(C(=O)O)c(Cl)c3)o2)c1. The lowest BCUT2D eigenvalue weighted by atomic mass is 10.1. The molecule has 156 valence electrons. The number of nitriles is 1. The lowest BCUT2D eigenvalue weighted by Crippen LogP contribution is -2.13. The number of rotatable bonds is 7. The lowest BCUT2D eigenvalue weighted by Gasteiger charge is -2.07. The van der Waals surface area contributed by atoms with E-state index >= 15 is 0 Å². The Morgan fingerprint density at radius 1 is 1.23 bits per heavy atom. The maximum Gasteiger partial charge on any atom is 0.337 e. The molecular formula is C23H17ClN2O5. The first-order valence-corrected chi connectivity index (χ1v) is 9.58. The molecule has 3 rings (SSSR count). The Bertz CT molecular complexity index is 1210. The van der Waals surface area contributed by atoms with Gasteiger partial charge in [-0.25, -0.2) is 4.79 Å². The van der Waals surface area contributed by atoms with Crippen LogP contribution in [0.4, 0.5) is 5.69 Å². The molecule has 8 heteroatoms. The molecule has 0 fully saturated rings. The van der Waals surface area contributed by atoms with E-state index in [2.05, 4.69) is 5.32 Å². The predicted molar refractivity (Wildman–Crippen MR) is 116 cm³/mol. The number of anilines is 1. The van der Waals surface area contributed by atoms with Crippen molar-refractivity contribution in [2.75, 3.05) is 11.9 Å². The average Bonchev–Trinajstić information content (AvgIpc) is 3.21. The van der Waals surface area contributed by atoms with Crippen molar-refractivity contribution < 1.29 is 23.8 Å². The van der Waals surface area contributed by atoms with E-state index in [0.29, 0.717) is 29.4 Å². The highest BCUT2D eigenvalue weighted by Crippen LogP contribution is 2.28. The van der Waals surface area contributed by atoms with E-state index in [9.17, 15) is 14.9 Å². The van der Waals surface area contributed by atoms with Crippen LogP contribution in [0.3, 0.4) is 0 Å². The van der Waals surface area contributed by atoms with Crippen molar-refractivity contribution in [1.29, 1.82) is 5.26 Å². The van der Waals surface area contributed by atoms with E-state index in [1.54, 1.807) is 42.5 Å². The van der Waals surface area contributed by atoms with Crippen LogP contribution in [-0.2, 0) is 4.79 Å². The third-order valence-electron chi connectivity index (χ3n) is 4.17. The Kier molecular flexibility index (Phi) is 6.75. The monoisotopic (exact) mass is 436 g/mol. The van der Waals surface area contributed by atoms with Gasteiger partial charge < -0.3 is 19.6 Å². The Balaban J connectivity index is 1.79. The first-order chi connectivity index (χ1) is 14.9. The van der Waals surface area contributed by atoms with Gasteiger partial charge in [0.25, 0.3) is 5.91 Å². The molecule has 2 N–H and O–H groups in total. The first-order valence-electron chi connectivity index (χ1n) is 9.20. The third kappa shape index (κ3) is 5.32. The van der Waals surface area contributed by atoms with Gasteiger partial charge in [0.15, 0.2) is 0 Å². The second-order valence-corrected chi connectivity index (χ2v) is 6.69. The number of aromatic carboxylic acids is 1. The zero-order chi connectivity index (χ0) is 22.4. The van der Waals surface area contributed by atoms with Crippen molar-refractivity contribution in [3.63, 3.8) is 0 Å². The van der Waals surface area contributed by atoms with Crippen LogP contribution >= 0.6 is 11.6 Å². The molecule has 3 aromatic rings. The highest BCUT2D eigenvalue weighted by molar-refractivity contribution is 6.33. The molecule has 0 saturated heterocycles. The number of benzene rings is 2. The number of carbonyl (C=O) groups is 2. The topological polar surface area (TPSA) is 113 Å². The fraction of sp³-hybridized carbons (Fsp3) is 0.0870. The van der Waals surface area contributed by atoms with E-state index in [1.165, 1.54) is 18.2 Å². The van der Waals surface area contributed by atoms with Gasteiger partial charge in [-0.3, -0.25) is 4.79 Å². The van der Waals surface area contributed by atoms with Gasteiger partial charge in [0.05, 0.1) is 17.2 Å². The molecular weight excluding hydrogens is 420 g/mol. The highest BCUT2D eigenvalue weighted by atomic mass is 35.5. The molecule has 0 aliphatic rings. The van der Waals surface area contributed by atoms with Gasteiger partial charge >= 0.3 is 5.97 Å². The Morgan fingerprint density at radius 3 is 2.71 bits per heavy atom. The zero-order valence-electron chi connectivity index (χ0n) is 16.4. The second kappa shape index (κ2) is 9.65. The van der Waals surface area contributed by atoms with Crippen LogP contribution in [-0.4, -0.2) is 23.6 Å². The fourth-order valence-electron chi connectivity index (χ4n) is 2.75. The molecule has 0 aliphatic carbocycles. The third-order valence-corrected chi connectivity index (χ3v) is 4.48. The van der Waals surface area contributed by atoms with Gasteiger partial charge in [-0.2, -0.15) is 5.26 Å². The summed E-state index contributed by atoms with van der Waals surface area (Å²) in [6.45, 7) is 2.35. The molecule has 1 aromatic heterocycles. The fourth-order valence-corrected chi connectivity index (χ4v) is 3.01. The summed E-state index contributed by atoms with van der Waals surface area (Å²) in [5.74, 6) is -0.430. The average molecular weight is 437 g/mol. The van der Waals surface area contributed by atoms with E-state index < -0.39 is 11.9 Å². The summed E-state index contributed by atoms with van der Waals surface area (Å²) in [6, 6.07) is 16.3. The van der Waals surface area contributed by atoms with E-state index in [0.717, 1.165) is 0 Å². The van der Waals surface area contributed by atoms with Gasteiger partial charge in [0.1, 0.15) is 28.9 Å². The van der Waals surface area contributed by atoms with Gasteiger partial charge in [-0.1, -0.05) is 23.7 Å². The number of hydrogen-bond acceptors (Lipinski definition) is 5. The maximum absolute atomic E-state index is 12.5. The summed E-state index contributed by atoms with van der Waals surface area (Å²) >= 11 is 6.00. The predicted octanol–water partition coefficient (Wildman–Crippen LogP) is 5.24. The van der Waals surface area contributed by atoms with Crippen molar-refractivity contribution in [3.8, 4) is 23.1 Å². The highest BCUT2D eigenvalue weighted by Gasteiger charge is 2.14. The molecule has 0 saturated carbocycles. The van der Waals surface area contributed by atoms with Gasteiger partial charge in [-0.05, 0) is 43.3 Å². The summed E-state index contributed by atoms with van der Waals surface area (Å²) in [6.07, 6.45) is 1.32. The normalized spacial score (nSPS) is 10.9. The van der Waals surface area contributed by atoms with E-state index in [1.807, 2.05) is 13.0 Å². The van der Waals surface area contributed by atoms with Crippen molar-refractivity contribution in [3.05, 3.63) is 76.5 Å². The Morgan fingerprint density at radius 2 is 2.03 bits per heavy atom.